The van der Waals surface area contributed by atoms with Crippen molar-refractivity contribution >= 4 is 29.1 Å². The van der Waals surface area contributed by atoms with E-state index in [0.717, 1.165) is 13.0 Å². The quantitative estimate of drug-likeness (QED) is 0.928. The summed E-state index contributed by atoms with van der Waals surface area (Å²) in [5.41, 5.74) is 5.76. The van der Waals surface area contributed by atoms with E-state index in [2.05, 4.69) is 0 Å². The maximum Gasteiger partial charge on any atom is 0.226 e. The zero-order valence-corrected chi connectivity index (χ0v) is 12.0. The molecule has 104 valence electrons. The van der Waals surface area contributed by atoms with Gasteiger partial charge < -0.3 is 15.4 Å². The van der Waals surface area contributed by atoms with Crippen LogP contribution in [-0.2, 0) is 4.79 Å². The predicted octanol–water partition coefficient (Wildman–Crippen LogP) is 2.32. The summed E-state index contributed by atoms with van der Waals surface area (Å²) in [5, 5.41) is 1.00. The van der Waals surface area contributed by atoms with Gasteiger partial charge in [-0.1, -0.05) is 23.2 Å². The van der Waals surface area contributed by atoms with Gasteiger partial charge in [-0.05, 0) is 24.6 Å². The van der Waals surface area contributed by atoms with E-state index in [1.807, 2.05) is 0 Å². The second kappa shape index (κ2) is 6.46. The van der Waals surface area contributed by atoms with E-state index in [1.165, 1.54) is 0 Å². The maximum atomic E-state index is 11.9. The van der Waals surface area contributed by atoms with Crippen molar-refractivity contribution in [1.82, 2.24) is 4.90 Å². The second-order valence-corrected chi connectivity index (χ2v) is 5.41. The highest BCUT2D eigenvalue weighted by atomic mass is 35.5. The smallest absolute Gasteiger partial charge is 0.226 e. The molecule has 0 aromatic heterocycles. The fourth-order valence-electron chi connectivity index (χ4n) is 2.01. The molecule has 0 bridgehead atoms. The number of amides is 1. The normalized spacial score (nSPS) is 18.7. The second-order valence-electron chi connectivity index (χ2n) is 4.56. The Bertz CT molecular complexity index is 468. The SMILES string of the molecule is N[C@H]1CCN(C(=O)CCOc2ccc(Cl)cc2Cl)C1. The van der Waals surface area contributed by atoms with Gasteiger partial charge in [-0.2, -0.15) is 0 Å². The summed E-state index contributed by atoms with van der Waals surface area (Å²) in [6, 6.07) is 5.11. The average molecular weight is 303 g/mol. The number of likely N-dealkylation sites (tertiary alicyclic amines) is 1. The molecule has 1 aromatic carbocycles. The number of nitrogens with zero attached hydrogens (tertiary/aromatic N) is 1. The highest BCUT2D eigenvalue weighted by Gasteiger charge is 2.23. The minimum atomic E-state index is 0.0676. The van der Waals surface area contributed by atoms with E-state index in [0.29, 0.717) is 35.4 Å². The van der Waals surface area contributed by atoms with Gasteiger partial charge in [-0.3, -0.25) is 4.79 Å². The molecular weight excluding hydrogens is 287 g/mol. The third kappa shape index (κ3) is 4.00. The van der Waals surface area contributed by atoms with Crippen LogP contribution in [0.5, 0.6) is 5.75 Å². The summed E-state index contributed by atoms with van der Waals surface area (Å²) < 4.78 is 5.48. The van der Waals surface area contributed by atoms with Crippen molar-refractivity contribution in [2.75, 3.05) is 19.7 Å². The summed E-state index contributed by atoms with van der Waals surface area (Å²) >= 11 is 11.8. The first-order valence-electron chi connectivity index (χ1n) is 6.17. The number of rotatable bonds is 4. The summed E-state index contributed by atoms with van der Waals surface area (Å²) in [7, 11) is 0. The molecule has 0 unspecified atom stereocenters. The highest BCUT2D eigenvalue weighted by molar-refractivity contribution is 6.35. The summed E-state index contributed by atoms with van der Waals surface area (Å²) in [5.74, 6) is 0.607. The molecule has 4 nitrogen and oxygen atoms in total. The fraction of sp³-hybridized carbons (Fsp3) is 0.462. The van der Waals surface area contributed by atoms with Crippen molar-refractivity contribution in [3.8, 4) is 5.75 Å². The van der Waals surface area contributed by atoms with Crippen molar-refractivity contribution in [3.05, 3.63) is 28.2 Å². The van der Waals surface area contributed by atoms with Crippen LogP contribution >= 0.6 is 23.2 Å². The molecule has 0 saturated carbocycles. The Morgan fingerprint density at radius 2 is 2.26 bits per heavy atom. The fourth-order valence-corrected chi connectivity index (χ4v) is 2.48. The maximum absolute atomic E-state index is 11.9. The number of carbonyl (C=O) groups excluding carboxylic acids is 1. The molecule has 0 radical (unpaired) electrons. The Hall–Kier alpha value is -0.970. The molecule has 1 atom stereocenters. The number of hydrogen-bond donors (Lipinski definition) is 1. The molecule has 0 spiro atoms. The van der Waals surface area contributed by atoms with E-state index >= 15 is 0 Å². The van der Waals surface area contributed by atoms with Gasteiger partial charge in [-0.15, -0.1) is 0 Å². The number of hydrogen-bond acceptors (Lipinski definition) is 3. The third-order valence-electron chi connectivity index (χ3n) is 3.04. The Kier molecular flexibility index (Phi) is 4.91. The van der Waals surface area contributed by atoms with Gasteiger partial charge in [0.15, 0.2) is 0 Å². The van der Waals surface area contributed by atoms with Crippen molar-refractivity contribution in [3.63, 3.8) is 0 Å². The van der Waals surface area contributed by atoms with Crippen molar-refractivity contribution in [2.45, 2.75) is 18.9 Å². The van der Waals surface area contributed by atoms with Gasteiger partial charge in [-0.25, -0.2) is 0 Å². The lowest BCUT2D eigenvalue weighted by atomic mass is 10.3. The standard InChI is InChI=1S/C13H16Cl2N2O2/c14-9-1-2-12(11(15)7-9)19-6-4-13(18)17-5-3-10(16)8-17/h1-2,7,10H,3-6,8,16H2/t10-/m0/s1. The minimum absolute atomic E-state index is 0.0676. The molecule has 1 aliphatic rings. The van der Waals surface area contributed by atoms with Gasteiger partial charge in [0, 0.05) is 24.2 Å². The molecule has 1 aliphatic heterocycles. The van der Waals surface area contributed by atoms with E-state index in [4.69, 9.17) is 33.7 Å². The van der Waals surface area contributed by atoms with E-state index in [-0.39, 0.29) is 11.9 Å². The third-order valence-corrected chi connectivity index (χ3v) is 3.58. The topological polar surface area (TPSA) is 55.6 Å². The Labute approximate surface area is 122 Å². The lowest BCUT2D eigenvalue weighted by Crippen LogP contribution is -2.32. The van der Waals surface area contributed by atoms with Crippen LogP contribution in [0, 0.1) is 0 Å². The molecule has 1 heterocycles. The van der Waals surface area contributed by atoms with Crippen LogP contribution in [0.15, 0.2) is 18.2 Å². The van der Waals surface area contributed by atoms with Gasteiger partial charge in [0.2, 0.25) is 5.91 Å². The largest absolute Gasteiger partial charge is 0.491 e. The highest BCUT2D eigenvalue weighted by Crippen LogP contribution is 2.27. The first-order valence-corrected chi connectivity index (χ1v) is 6.93. The molecule has 0 aliphatic carbocycles. The van der Waals surface area contributed by atoms with Crippen LogP contribution < -0.4 is 10.5 Å². The molecule has 6 heteroatoms. The number of carbonyl (C=O) groups is 1. The van der Waals surface area contributed by atoms with Gasteiger partial charge in [0.1, 0.15) is 5.75 Å². The summed E-state index contributed by atoms with van der Waals surface area (Å²) in [4.78, 5) is 13.6. The zero-order valence-electron chi connectivity index (χ0n) is 10.4. The monoisotopic (exact) mass is 302 g/mol. The number of nitrogens with two attached hydrogens (primary N) is 1. The van der Waals surface area contributed by atoms with Crippen LogP contribution in [0.3, 0.4) is 0 Å². The van der Waals surface area contributed by atoms with Crippen LogP contribution in [0.2, 0.25) is 10.0 Å². The molecule has 2 N–H and O–H groups in total. The van der Waals surface area contributed by atoms with Gasteiger partial charge in [0.05, 0.1) is 18.1 Å². The van der Waals surface area contributed by atoms with Crippen LogP contribution in [0.1, 0.15) is 12.8 Å². The van der Waals surface area contributed by atoms with Crippen molar-refractivity contribution in [1.29, 1.82) is 0 Å². The van der Waals surface area contributed by atoms with Crippen LogP contribution in [-0.4, -0.2) is 36.5 Å². The molecule has 2 rings (SSSR count). The molecular formula is C13H16Cl2N2O2. The minimum Gasteiger partial charge on any atom is -0.491 e. The van der Waals surface area contributed by atoms with Gasteiger partial charge >= 0.3 is 0 Å². The first kappa shape index (κ1) is 14.4. The number of ether oxygens (including phenoxy) is 1. The molecule has 1 aromatic rings. The van der Waals surface area contributed by atoms with Crippen molar-refractivity contribution in [2.24, 2.45) is 5.73 Å². The van der Waals surface area contributed by atoms with Crippen molar-refractivity contribution < 1.29 is 9.53 Å². The Balaban J connectivity index is 1.78. The zero-order chi connectivity index (χ0) is 13.8. The lowest BCUT2D eigenvalue weighted by Gasteiger charge is -2.16. The summed E-state index contributed by atoms with van der Waals surface area (Å²) in [6.45, 7) is 1.67. The van der Waals surface area contributed by atoms with E-state index < -0.39 is 0 Å². The molecule has 19 heavy (non-hydrogen) atoms. The number of halogens is 2. The predicted molar refractivity (Wildman–Crippen MR) is 75.7 cm³/mol. The van der Waals surface area contributed by atoms with E-state index in [1.54, 1.807) is 23.1 Å². The Morgan fingerprint density at radius 1 is 1.47 bits per heavy atom. The first-order chi connectivity index (χ1) is 9.06. The molecule has 1 amide bonds. The van der Waals surface area contributed by atoms with Gasteiger partial charge in [0.25, 0.3) is 0 Å². The van der Waals surface area contributed by atoms with Crippen LogP contribution in [0.25, 0.3) is 0 Å². The van der Waals surface area contributed by atoms with E-state index in [9.17, 15) is 4.79 Å². The summed E-state index contributed by atoms with van der Waals surface area (Å²) in [6.07, 6.45) is 1.20. The Morgan fingerprint density at radius 3 is 2.89 bits per heavy atom. The van der Waals surface area contributed by atoms with Crippen LogP contribution in [0.4, 0.5) is 0 Å². The molecule has 1 fully saturated rings. The molecule has 1 saturated heterocycles. The average Bonchev–Trinajstić information content (AvgIpc) is 2.78. The lowest BCUT2D eigenvalue weighted by molar-refractivity contribution is -0.130. The number of benzene rings is 1.